The molecule has 29 heavy (non-hydrogen) atoms. The molecule has 4 rings (SSSR count). The molecular formula is C22H22ClNO4S. The number of carbonyl (C=O) groups is 1. The largest absolute Gasteiger partial charge is 0.481 e. The minimum Gasteiger partial charge on any atom is -0.481 e. The first-order valence-corrected chi connectivity index (χ1v) is 11.7. The molecule has 0 saturated heterocycles. The number of aryl methyl sites for hydroxylation is 1. The number of aliphatic carboxylic acids is 1. The fraction of sp³-hybridized carbons (Fsp3) is 0.318. The van der Waals surface area contributed by atoms with Crippen LogP contribution in [0.1, 0.15) is 28.8 Å². The van der Waals surface area contributed by atoms with E-state index in [0.717, 1.165) is 33.3 Å². The Morgan fingerprint density at radius 3 is 2.66 bits per heavy atom. The Labute approximate surface area is 174 Å². The van der Waals surface area contributed by atoms with Gasteiger partial charge in [0.2, 0.25) is 0 Å². The molecule has 1 aromatic heterocycles. The van der Waals surface area contributed by atoms with Crippen LogP contribution in [0.5, 0.6) is 0 Å². The second kappa shape index (κ2) is 7.18. The highest BCUT2D eigenvalue weighted by atomic mass is 35.5. The third-order valence-corrected chi connectivity index (χ3v) is 7.19. The lowest BCUT2D eigenvalue weighted by Crippen LogP contribution is -2.26. The van der Waals surface area contributed by atoms with E-state index in [1.54, 1.807) is 12.1 Å². The van der Waals surface area contributed by atoms with Crippen molar-refractivity contribution in [3.05, 3.63) is 63.8 Å². The molecule has 1 atom stereocenters. The van der Waals surface area contributed by atoms with Gasteiger partial charge in [-0.1, -0.05) is 17.7 Å². The third kappa shape index (κ3) is 3.67. The highest BCUT2D eigenvalue weighted by Crippen LogP contribution is 2.36. The molecule has 0 fully saturated rings. The molecule has 0 radical (unpaired) electrons. The number of halogens is 1. The number of benzene rings is 2. The van der Waals surface area contributed by atoms with Crippen LogP contribution in [0, 0.1) is 12.8 Å². The van der Waals surface area contributed by atoms with Gasteiger partial charge in [0.25, 0.3) is 0 Å². The van der Waals surface area contributed by atoms with E-state index in [1.807, 2.05) is 31.2 Å². The molecule has 5 nitrogen and oxygen atoms in total. The Balaban J connectivity index is 1.83. The standard InChI is InChI=1S/C22H22ClNO4S/c1-13-9-17(29(2,27)28)6-3-14(13)10-18-19-11-16(23)5-8-21(19)24-12-15(22(25)26)4-7-20(18)24/h3,5-6,8-9,11,15H,4,7,10,12H2,1-2H3,(H,25,26). The zero-order valence-electron chi connectivity index (χ0n) is 16.3. The monoisotopic (exact) mass is 431 g/mol. The van der Waals surface area contributed by atoms with Crippen LogP contribution in [0.3, 0.4) is 0 Å². The predicted molar refractivity (Wildman–Crippen MR) is 113 cm³/mol. The van der Waals surface area contributed by atoms with Crippen molar-refractivity contribution in [3.8, 4) is 0 Å². The SMILES string of the molecule is Cc1cc(S(C)(=O)=O)ccc1Cc1c2n(c3ccc(Cl)cc13)CC(C(=O)O)CC2. The normalized spacial score (nSPS) is 16.7. The molecular weight excluding hydrogens is 410 g/mol. The van der Waals surface area contributed by atoms with Gasteiger partial charge in [-0.3, -0.25) is 4.79 Å². The highest BCUT2D eigenvalue weighted by Gasteiger charge is 2.28. The minimum atomic E-state index is -3.25. The van der Waals surface area contributed by atoms with E-state index in [1.165, 1.54) is 6.26 Å². The van der Waals surface area contributed by atoms with Gasteiger partial charge in [0.15, 0.2) is 9.84 Å². The van der Waals surface area contributed by atoms with E-state index in [0.29, 0.717) is 35.7 Å². The van der Waals surface area contributed by atoms with E-state index in [9.17, 15) is 18.3 Å². The second-order valence-corrected chi connectivity index (χ2v) is 10.3. The van der Waals surface area contributed by atoms with Crippen molar-refractivity contribution in [1.29, 1.82) is 0 Å². The Kier molecular flexibility index (Phi) is 4.95. The van der Waals surface area contributed by atoms with E-state index in [-0.39, 0.29) is 0 Å². The van der Waals surface area contributed by atoms with Crippen molar-refractivity contribution >= 4 is 38.3 Å². The molecule has 2 aromatic carbocycles. The van der Waals surface area contributed by atoms with E-state index < -0.39 is 21.7 Å². The molecule has 1 aliphatic heterocycles. The van der Waals surface area contributed by atoms with Crippen LogP contribution in [-0.4, -0.2) is 30.3 Å². The van der Waals surface area contributed by atoms with E-state index in [4.69, 9.17) is 11.6 Å². The summed E-state index contributed by atoms with van der Waals surface area (Å²) in [5.41, 5.74) is 5.25. The molecule has 152 valence electrons. The first-order chi connectivity index (χ1) is 13.6. The number of hydrogen-bond acceptors (Lipinski definition) is 3. The lowest BCUT2D eigenvalue weighted by molar-refractivity contribution is -0.142. The van der Waals surface area contributed by atoms with Crippen molar-refractivity contribution in [2.45, 2.75) is 37.6 Å². The topological polar surface area (TPSA) is 76.4 Å². The summed E-state index contributed by atoms with van der Waals surface area (Å²) in [5.74, 6) is -1.15. The van der Waals surface area contributed by atoms with Crippen molar-refractivity contribution < 1.29 is 18.3 Å². The zero-order chi connectivity index (χ0) is 20.9. The summed E-state index contributed by atoms with van der Waals surface area (Å²) < 4.78 is 25.8. The van der Waals surface area contributed by atoms with Crippen molar-refractivity contribution in [2.24, 2.45) is 5.92 Å². The van der Waals surface area contributed by atoms with Crippen LogP contribution in [0.25, 0.3) is 10.9 Å². The van der Waals surface area contributed by atoms with Crippen LogP contribution >= 0.6 is 11.6 Å². The molecule has 0 spiro atoms. The fourth-order valence-electron chi connectivity index (χ4n) is 4.25. The first-order valence-electron chi connectivity index (χ1n) is 9.47. The number of rotatable bonds is 4. The summed E-state index contributed by atoms with van der Waals surface area (Å²) >= 11 is 6.27. The van der Waals surface area contributed by atoms with Crippen LogP contribution in [0.2, 0.25) is 5.02 Å². The van der Waals surface area contributed by atoms with Gasteiger partial charge in [0, 0.05) is 40.8 Å². The predicted octanol–water partition coefficient (Wildman–Crippen LogP) is 4.24. The summed E-state index contributed by atoms with van der Waals surface area (Å²) in [6.45, 7) is 2.37. The van der Waals surface area contributed by atoms with Crippen LogP contribution in [-0.2, 0) is 34.0 Å². The van der Waals surface area contributed by atoms with Gasteiger partial charge in [-0.2, -0.15) is 0 Å². The maximum absolute atomic E-state index is 11.8. The molecule has 0 bridgehead atoms. The lowest BCUT2D eigenvalue weighted by Gasteiger charge is -2.23. The lowest BCUT2D eigenvalue weighted by atomic mass is 9.93. The second-order valence-electron chi connectivity index (χ2n) is 7.81. The maximum atomic E-state index is 11.8. The van der Waals surface area contributed by atoms with E-state index >= 15 is 0 Å². The van der Waals surface area contributed by atoms with Crippen LogP contribution in [0.15, 0.2) is 41.3 Å². The minimum absolute atomic E-state index is 0.315. The number of aromatic nitrogens is 1. The first kappa shape index (κ1) is 20.0. The van der Waals surface area contributed by atoms with Gasteiger partial charge in [-0.15, -0.1) is 0 Å². The molecule has 1 unspecified atom stereocenters. The molecule has 0 amide bonds. The van der Waals surface area contributed by atoms with Gasteiger partial charge in [0.1, 0.15) is 0 Å². The summed E-state index contributed by atoms with van der Waals surface area (Å²) in [5, 5.41) is 11.1. The fourth-order valence-corrected chi connectivity index (χ4v) is 5.13. The Bertz CT molecular complexity index is 1240. The van der Waals surface area contributed by atoms with Crippen molar-refractivity contribution in [3.63, 3.8) is 0 Å². The average Bonchev–Trinajstić information content (AvgIpc) is 2.94. The molecule has 7 heteroatoms. The number of nitrogens with zero attached hydrogens (tertiary/aromatic N) is 1. The number of carboxylic acids is 1. The number of carboxylic acid groups (broad SMARTS) is 1. The summed E-state index contributed by atoms with van der Waals surface area (Å²) in [7, 11) is -3.25. The molecule has 3 aromatic rings. The molecule has 1 aliphatic rings. The number of fused-ring (bicyclic) bond motifs is 3. The average molecular weight is 432 g/mol. The maximum Gasteiger partial charge on any atom is 0.308 e. The Hall–Kier alpha value is -2.31. The van der Waals surface area contributed by atoms with Gasteiger partial charge in [0.05, 0.1) is 10.8 Å². The van der Waals surface area contributed by atoms with E-state index in [2.05, 4.69) is 4.57 Å². The van der Waals surface area contributed by atoms with Gasteiger partial charge in [-0.05, 0) is 66.8 Å². The summed E-state index contributed by atoms with van der Waals surface area (Å²) in [6, 6.07) is 11.0. The molecule has 0 saturated carbocycles. The number of sulfone groups is 1. The quantitative estimate of drug-likeness (QED) is 0.670. The van der Waals surface area contributed by atoms with Gasteiger partial charge >= 0.3 is 5.97 Å². The van der Waals surface area contributed by atoms with Crippen LogP contribution in [0.4, 0.5) is 0 Å². The summed E-state index contributed by atoms with van der Waals surface area (Å²) in [6.07, 6.45) is 3.16. The Morgan fingerprint density at radius 2 is 2.00 bits per heavy atom. The van der Waals surface area contributed by atoms with Crippen molar-refractivity contribution in [2.75, 3.05) is 6.26 Å². The number of hydrogen-bond donors (Lipinski definition) is 1. The van der Waals surface area contributed by atoms with Crippen LogP contribution < -0.4 is 0 Å². The van der Waals surface area contributed by atoms with Gasteiger partial charge < -0.3 is 9.67 Å². The molecule has 1 N–H and O–H groups in total. The molecule has 2 heterocycles. The van der Waals surface area contributed by atoms with Gasteiger partial charge in [-0.25, -0.2) is 8.42 Å². The van der Waals surface area contributed by atoms with Crippen molar-refractivity contribution in [1.82, 2.24) is 4.57 Å². The Morgan fingerprint density at radius 1 is 1.24 bits per heavy atom. The zero-order valence-corrected chi connectivity index (χ0v) is 17.8. The highest BCUT2D eigenvalue weighted by molar-refractivity contribution is 7.90. The summed E-state index contributed by atoms with van der Waals surface area (Å²) in [4.78, 5) is 11.8. The molecule has 0 aliphatic carbocycles. The smallest absolute Gasteiger partial charge is 0.308 e. The third-order valence-electron chi connectivity index (χ3n) is 5.84.